The molecule has 0 saturated heterocycles. The Morgan fingerprint density at radius 3 is 2.80 bits per heavy atom. The molecular formula is C7H14N2S. The van der Waals surface area contributed by atoms with Gasteiger partial charge in [-0.05, 0) is 12.3 Å². The van der Waals surface area contributed by atoms with E-state index in [-0.39, 0.29) is 0 Å². The standard InChI is InChI=1S/C7H14N2S/c1-4-9-6-7(8-3)10-5-2/h5-6,8-9H,2,4H2,1,3H3/b7-6-. The molecule has 58 valence electrons. The summed E-state index contributed by atoms with van der Waals surface area (Å²) in [5.74, 6) is 0. The summed E-state index contributed by atoms with van der Waals surface area (Å²) >= 11 is 1.57. The van der Waals surface area contributed by atoms with Gasteiger partial charge in [0.25, 0.3) is 0 Å². The van der Waals surface area contributed by atoms with Gasteiger partial charge in [-0.3, -0.25) is 0 Å². The van der Waals surface area contributed by atoms with Crippen molar-refractivity contribution in [2.24, 2.45) is 0 Å². The first-order valence-corrected chi connectivity index (χ1v) is 4.12. The highest BCUT2D eigenvalue weighted by atomic mass is 32.2. The van der Waals surface area contributed by atoms with E-state index in [0.29, 0.717) is 0 Å². The van der Waals surface area contributed by atoms with Crippen LogP contribution in [-0.2, 0) is 0 Å². The van der Waals surface area contributed by atoms with E-state index in [1.54, 1.807) is 17.2 Å². The summed E-state index contributed by atoms with van der Waals surface area (Å²) in [7, 11) is 1.89. The molecule has 0 aliphatic carbocycles. The Balaban J connectivity index is 3.65. The molecule has 2 nitrogen and oxygen atoms in total. The summed E-state index contributed by atoms with van der Waals surface area (Å²) in [5.41, 5.74) is 0. The molecule has 0 rings (SSSR count). The van der Waals surface area contributed by atoms with Crippen molar-refractivity contribution in [3.8, 4) is 0 Å². The van der Waals surface area contributed by atoms with Crippen molar-refractivity contribution in [2.45, 2.75) is 6.92 Å². The Hall–Kier alpha value is -0.570. The van der Waals surface area contributed by atoms with Gasteiger partial charge in [0.2, 0.25) is 0 Å². The molecule has 0 fully saturated rings. The van der Waals surface area contributed by atoms with Crippen LogP contribution in [-0.4, -0.2) is 13.6 Å². The van der Waals surface area contributed by atoms with Gasteiger partial charge in [0, 0.05) is 19.8 Å². The third-order valence-electron chi connectivity index (χ3n) is 0.894. The van der Waals surface area contributed by atoms with Crippen LogP contribution in [0.5, 0.6) is 0 Å². The van der Waals surface area contributed by atoms with Gasteiger partial charge < -0.3 is 10.6 Å². The molecule has 0 unspecified atom stereocenters. The molecule has 0 aliphatic heterocycles. The Bertz CT molecular complexity index is 121. The van der Waals surface area contributed by atoms with Gasteiger partial charge in [0.15, 0.2) is 0 Å². The van der Waals surface area contributed by atoms with Crippen LogP contribution in [0.15, 0.2) is 23.2 Å². The molecule has 10 heavy (non-hydrogen) atoms. The Morgan fingerprint density at radius 2 is 2.40 bits per heavy atom. The second kappa shape index (κ2) is 6.55. The summed E-state index contributed by atoms with van der Waals surface area (Å²) in [6, 6.07) is 0. The van der Waals surface area contributed by atoms with E-state index in [1.807, 2.05) is 13.2 Å². The third-order valence-corrected chi connectivity index (χ3v) is 1.64. The molecule has 0 atom stereocenters. The molecule has 0 amide bonds. The minimum atomic E-state index is 0.947. The van der Waals surface area contributed by atoms with Crippen molar-refractivity contribution in [1.29, 1.82) is 0 Å². The first kappa shape index (κ1) is 9.43. The molecule has 0 heterocycles. The van der Waals surface area contributed by atoms with Gasteiger partial charge in [-0.1, -0.05) is 18.3 Å². The summed E-state index contributed by atoms with van der Waals surface area (Å²) in [6.45, 7) is 6.62. The maximum absolute atomic E-state index is 3.61. The number of hydrogen-bond acceptors (Lipinski definition) is 3. The first-order chi connectivity index (χ1) is 4.85. The SMILES string of the molecule is C=CS/C(=C\NCC)NC. The smallest absolute Gasteiger partial charge is 0.0881 e. The van der Waals surface area contributed by atoms with Gasteiger partial charge in [-0.25, -0.2) is 0 Å². The zero-order valence-electron chi connectivity index (χ0n) is 6.48. The quantitative estimate of drug-likeness (QED) is 0.634. The maximum atomic E-state index is 3.61. The molecule has 0 radical (unpaired) electrons. The second-order valence-electron chi connectivity index (χ2n) is 1.60. The highest BCUT2D eigenvalue weighted by Crippen LogP contribution is 2.10. The fourth-order valence-electron chi connectivity index (χ4n) is 0.450. The predicted octanol–water partition coefficient (Wildman–Crippen LogP) is 1.49. The van der Waals surface area contributed by atoms with E-state index in [4.69, 9.17) is 0 Å². The maximum Gasteiger partial charge on any atom is 0.0881 e. The van der Waals surface area contributed by atoms with Crippen molar-refractivity contribution >= 4 is 11.8 Å². The zero-order chi connectivity index (χ0) is 7.82. The van der Waals surface area contributed by atoms with E-state index in [9.17, 15) is 0 Å². The van der Waals surface area contributed by atoms with E-state index >= 15 is 0 Å². The van der Waals surface area contributed by atoms with Gasteiger partial charge in [-0.2, -0.15) is 0 Å². The van der Waals surface area contributed by atoms with Crippen molar-refractivity contribution in [3.05, 3.63) is 23.2 Å². The summed E-state index contributed by atoms with van der Waals surface area (Å²) in [5, 5.41) is 8.99. The number of nitrogens with one attached hydrogen (secondary N) is 2. The molecule has 0 saturated carbocycles. The average Bonchev–Trinajstić information content (AvgIpc) is 1.98. The topological polar surface area (TPSA) is 24.1 Å². The average molecular weight is 158 g/mol. The molecule has 0 aromatic rings. The lowest BCUT2D eigenvalue weighted by molar-refractivity contribution is 0.899. The van der Waals surface area contributed by atoms with Gasteiger partial charge in [0.1, 0.15) is 0 Å². The molecule has 0 bridgehead atoms. The van der Waals surface area contributed by atoms with E-state index in [2.05, 4.69) is 24.1 Å². The molecule has 0 aliphatic rings. The summed E-state index contributed by atoms with van der Waals surface area (Å²) in [4.78, 5) is 0. The van der Waals surface area contributed by atoms with Crippen LogP contribution in [0.25, 0.3) is 0 Å². The highest BCUT2D eigenvalue weighted by molar-refractivity contribution is 8.05. The Kier molecular flexibility index (Phi) is 6.18. The van der Waals surface area contributed by atoms with E-state index in [0.717, 1.165) is 11.6 Å². The predicted molar refractivity (Wildman–Crippen MR) is 48.6 cm³/mol. The third kappa shape index (κ3) is 4.32. The number of hydrogen-bond donors (Lipinski definition) is 2. The molecule has 0 aromatic heterocycles. The summed E-state index contributed by atoms with van der Waals surface area (Å²) in [6.07, 6.45) is 1.94. The van der Waals surface area contributed by atoms with Crippen LogP contribution in [0, 0.1) is 0 Å². The van der Waals surface area contributed by atoms with Crippen LogP contribution >= 0.6 is 11.8 Å². The second-order valence-corrected chi connectivity index (χ2v) is 2.61. The highest BCUT2D eigenvalue weighted by Gasteiger charge is 1.86. The fourth-order valence-corrected chi connectivity index (χ4v) is 0.898. The summed E-state index contributed by atoms with van der Waals surface area (Å²) < 4.78 is 0. The minimum absolute atomic E-state index is 0.947. The van der Waals surface area contributed by atoms with Crippen LogP contribution in [0.4, 0.5) is 0 Å². The monoisotopic (exact) mass is 158 g/mol. The van der Waals surface area contributed by atoms with Gasteiger partial charge in [-0.15, -0.1) is 0 Å². The van der Waals surface area contributed by atoms with Crippen LogP contribution in [0.3, 0.4) is 0 Å². The molecular weight excluding hydrogens is 144 g/mol. The van der Waals surface area contributed by atoms with E-state index < -0.39 is 0 Å². The zero-order valence-corrected chi connectivity index (χ0v) is 7.29. The minimum Gasteiger partial charge on any atom is -0.389 e. The number of rotatable bonds is 5. The Morgan fingerprint density at radius 1 is 1.70 bits per heavy atom. The Labute approximate surface area is 66.8 Å². The molecule has 2 N–H and O–H groups in total. The largest absolute Gasteiger partial charge is 0.389 e. The molecule has 3 heteroatoms. The molecule has 0 aromatic carbocycles. The van der Waals surface area contributed by atoms with E-state index in [1.165, 1.54) is 0 Å². The lowest BCUT2D eigenvalue weighted by atomic mass is 10.7. The van der Waals surface area contributed by atoms with Crippen molar-refractivity contribution in [3.63, 3.8) is 0 Å². The van der Waals surface area contributed by atoms with Crippen molar-refractivity contribution in [2.75, 3.05) is 13.6 Å². The van der Waals surface area contributed by atoms with Crippen molar-refractivity contribution < 1.29 is 0 Å². The van der Waals surface area contributed by atoms with Gasteiger partial charge in [0.05, 0.1) is 5.03 Å². The molecule has 0 spiro atoms. The van der Waals surface area contributed by atoms with Crippen molar-refractivity contribution in [1.82, 2.24) is 10.6 Å². The van der Waals surface area contributed by atoms with Crippen LogP contribution in [0.2, 0.25) is 0 Å². The lowest BCUT2D eigenvalue weighted by Gasteiger charge is -2.02. The van der Waals surface area contributed by atoms with Crippen LogP contribution in [0.1, 0.15) is 6.92 Å². The first-order valence-electron chi connectivity index (χ1n) is 3.24. The van der Waals surface area contributed by atoms with Gasteiger partial charge >= 0.3 is 0 Å². The number of thioether (sulfide) groups is 1. The van der Waals surface area contributed by atoms with Crippen LogP contribution < -0.4 is 10.6 Å². The lowest BCUT2D eigenvalue weighted by Crippen LogP contribution is -2.09. The fraction of sp³-hybridized carbons (Fsp3) is 0.429. The normalized spacial score (nSPS) is 10.8.